The van der Waals surface area contributed by atoms with Crippen molar-refractivity contribution in [2.75, 3.05) is 6.61 Å². The standard InChI is InChI=1S/C12H18N2O2/c1-10-5-4-6-11(9-10)16-8-3-2-7-12(15)14-13/h4-6,9H,2-3,7-8,13H2,1H3,(H,14,15). The van der Waals surface area contributed by atoms with Crippen molar-refractivity contribution in [3.8, 4) is 5.75 Å². The Kier molecular flexibility index (Phi) is 5.36. The van der Waals surface area contributed by atoms with Gasteiger partial charge in [-0.15, -0.1) is 0 Å². The van der Waals surface area contributed by atoms with Crippen LogP contribution in [0.25, 0.3) is 0 Å². The van der Waals surface area contributed by atoms with Gasteiger partial charge < -0.3 is 4.74 Å². The first kappa shape index (κ1) is 12.5. The fourth-order valence-electron chi connectivity index (χ4n) is 1.35. The molecule has 0 fully saturated rings. The molecular weight excluding hydrogens is 204 g/mol. The lowest BCUT2D eigenvalue weighted by molar-refractivity contribution is -0.121. The maximum atomic E-state index is 10.8. The van der Waals surface area contributed by atoms with Crippen LogP contribution in [-0.4, -0.2) is 12.5 Å². The normalized spacial score (nSPS) is 9.88. The molecule has 0 aromatic heterocycles. The molecule has 4 heteroatoms. The van der Waals surface area contributed by atoms with Gasteiger partial charge in [-0.3, -0.25) is 10.2 Å². The third kappa shape index (κ3) is 4.79. The fraction of sp³-hybridized carbons (Fsp3) is 0.417. The second-order valence-electron chi connectivity index (χ2n) is 3.69. The molecule has 0 saturated carbocycles. The average Bonchev–Trinajstić information content (AvgIpc) is 2.28. The molecule has 0 unspecified atom stereocenters. The zero-order valence-corrected chi connectivity index (χ0v) is 9.53. The van der Waals surface area contributed by atoms with E-state index >= 15 is 0 Å². The second-order valence-corrected chi connectivity index (χ2v) is 3.69. The van der Waals surface area contributed by atoms with Crippen molar-refractivity contribution in [3.05, 3.63) is 29.8 Å². The van der Waals surface area contributed by atoms with Gasteiger partial charge in [-0.05, 0) is 37.5 Å². The van der Waals surface area contributed by atoms with Gasteiger partial charge in [-0.25, -0.2) is 5.84 Å². The van der Waals surface area contributed by atoms with Crippen LogP contribution in [-0.2, 0) is 4.79 Å². The molecule has 0 aliphatic rings. The van der Waals surface area contributed by atoms with Crippen molar-refractivity contribution in [2.24, 2.45) is 5.84 Å². The zero-order valence-electron chi connectivity index (χ0n) is 9.53. The van der Waals surface area contributed by atoms with Gasteiger partial charge in [0, 0.05) is 6.42 Å². The fourth-order valence-corrected chi connectivity index (χ4v) is 1.35. The Hall–Kier alpha value is -1.55. The largest absolute Gasteiger partial charge is 0.494 e. The van der Waals surface area contributed by atoms with Gasteiger partial charge in [0.2, 0.25) is 5.91 Å². The van der Waals surface area contributed by atoms with E-state index in [4.69, 9.17) is 10.6 Å². The number of carbonyl (C=O) groups is 1. The Morgan fingerprint density at radius 3 is 2.94 bits per heavy atom. The summed E-state index contributed by atoms with van der Waals surface area (Å²) in [7, 11) is 0. The number of carbonyl (C=O) groups excluding carboxylic acids is 1. The van der Waals surface area contributed by atoms with E-state index in [1.54, 1.807) is 0 Å². The molecule has 1 rings (SSSR count). The number of unbranched alkanes of at least 4 members (excludes halogenated alkanes) is 1. The minimum Gasteiger partial charge on any atom is -0.494 e. The first-order valence-corrected chi connectivity index (χ1v) is 5.41. The molecule has 88 valence electrons. The smallest absolute Gasteiger partial charge is 0.233 e. The summed E-state index contributed by atoms with van der Waals surface area (Å²) < 4.78 is 5.54. The molecule has 3 N–H and O–H groups in total. The first-order valence-electron chi connectivity index (χ1n) is 5.41. The molecule has 0 aliphatic heterocycles. The van der Waals surface area contributed by atoms with Crippen LogP contribution in [0.2, 0.25) is 0 Å². The monoisotopic (exact) mass is 222 g/mol. The Morgan fingerprint density at radius 1 is 1.44 bits per heavy atom. The molecule has 0 atom stereocenters. The summed E-state index contributed by atoms with van der Waals surface area (Å²) in [6.07, 6.45) is 2.09. The lowest BCUT2D eigenvalue weighted by Crippen LogP contribution is -2.29. The summed E-state index contributed by atoms with van der Waals surface area (Å²) in [6.45, 7) is 2.65. The van der Waals surface area contributed by atoms with E-state index in [-0.39, 0.29) is 5.91 Å². The number of nitrogens with one attached hydrogen (secondary N) is 1. The molecule has 0 heterocycles. The highest BCUT2D eigenvalue weighted by Gasteiger charge is 1.98. The molecule has 0 spiro atoms. The Bertz CT molecular complexity index is 340. The van der Waals surface area contributed by atoms with E-state index in [9.17, 15) is 4.79 Å². The predicted molar refractivity (Wildman–Crippen MR) is 62.9 cm³/mol. The number of ether oxygens (including phenoxy) is 1. The van der Waals surface area contributed by atoms with Gasteiger partial charge in [-0.1, -0.05) is 12.1 Å². The maximum Gasteiger partial charge on any atom is 0.233 e. The highest BCUT2D eigenvalue weighted by atomic mass is 16.5. The molecular formula is C12H18N2O2. The molecule has 1 aromatic carbocycles. The summed E-state index contributed by atoms with van der Waals surface area (Å²) in [4.78, 5) is 10.8. The van der Waals surface area contributed by atoms with Gasteiger partial charge in [0.15, 0.2) is 0 Å². The van der Waals surface area contributed by atoms with Crippen molar-refractivity contribution in [2.45, 2.75) is 26.2 Å². The summed E-state index contributed by atoms with van der Waals surface area (Å²) in [5.74, 6) is 5.71. The molecule has 0 saturated heterocycles. The molecule has 0 radical (unpaired) electrons. The zero-order chi connectivity index (χ0) is 11.8. The minimum atomic E-state index is -0.129. The first-order chi connectivity index (χ1) is 7.72. The number of benzene rings is 1. The Morgan fingerprint density at radius 2 is 2.25 bits per heavy atom. The lowest BCUT2D eigenvalue weighted by Gasteiger charge is -2.06. The maximum absolute atomic E-state index is 10.8. The summed E-state index contributed by atoms with van der Waals surface area (Å²) in [6, 6.07) is 7.91. The number of rotatable bonds is 6. The quantitative estimate of drug-likeness (QED) is 0.332. The number of amides is 1. The van der Waals surface area contributed by atoms with Crippen LogP contribution < -0.4 is 16.0 Å². The van der Waals surface area contributed by atoms with Crippen molar-refractivity contribution < 1.29 is 9.53 Å². The predicted octanol–water partition coefficient (Wildman–Crippen LogP) is 1.53. The SMILES string of the molecule is Cc1cccc(OCCCCC(=O)NN)c1. The van der Waals surface area contributed by atoms with Crippen molar-refractivity contribution in [3.63, 3.8) is 0 Å². The summed E-state index contributed by atoms with van der Waals surface area (Å²) in [5.41, 5.74) is 3.28. The summed E-state index contributed by atoms with van der Waals surface area (Å²) >= 11 is 0. The third-order valence-corrected chi connectivity index (χ3v) is 2.22. The minimum absolute atomic E-state index is 0.129. The highest BCUT2D eigenvalue weighted by Crippen LogP contribution is 2.12. The number of hydrogen-bond donors (Lipinski definition) is 2. The number of aryl methyl sites for hydroxylation is 1. The summed E-state index contributed by atoms with van der Waals surface area (Å²) in [5, 5.41) is 0. The van der Waals surface area contributed by atoms with E-state index in [1.165, 1.54) is 5.56 Å². The van der Waals surface area contributed by atoms with E-state index in [2.05, 4.69) is 5.43 Å². The van der Waals surface area contributed by atoms with Gasteiger partial charge in [-0.2, -0.15) is 0 Å². The second kappa shape index (κ2) is 6.85. The van der Waals surface area contributed by atoms with Crippen LogP contribution in [0.5, 0.6) is 5.75 Å². The van der Waals surface area contributed by atoms with Crippen LogP contribution in [0.3, 0.4) is 0 Å². The topological polar surface area (TPSA) is 64.3 Å². The van der Waals surface area contributed by atoms with Crippen LogP contribution >= 0.6 is 0 Å². The van der Waals surface area contributed by atoms with E-state index in [1.807, 2.05) is 31.2 Å². The lowest BCUT2D eigenvalue weighted by atomic mass is 10.2. The van der Waals surface area contributed by atoms with Crippen LogP contribution in [0.1, 0.15) is 24.8 Å². The van der Waals surface area contributed by atoms with Gasteiger partial charge in [0.25, 0.3) is 0 Å². The van der Waals surface area contributed by atoms with E-state index in [0.29, 0.717) is 13.0 Å². The highest BCUT2D eigenvalue weighted by molar-refractivity contribution is 5.75. The van der Waals surface area contributed by atoms with Crippen LogP contribution in [0, 0.1) is 6.92 Å². The van der Waals surface area contributed by atoms with Crippen LogP contribution in [0.15, 0.2) is 24.3 Å². The van der Waals surface area contributed by atoms with Gasteiger partial charge in [0.1, 0.15) is 5.75 Å². The Balaban J connectivity index is 2.14. The molecule has 1 aromatic rings. The molecule has 4 nitrogen and oxygen atoms in total. The molecule has 0 aliphatic carbocycles. The Labute approximate surface area is 95.8 Å². The van der Waals surface area contributed by atoms with E-state index in [0.717, 1.165) is 18.6 Å². The van der Waals surface area contributed by atoms with Gasteiger partial charge >= 0.3 is 0 Å². The number of hydrogen-bond acceptors (Lipinski definition) is 3. The van der Waals surface area contributed by atoms with Crippen LogP contribution in [0.4, 0.5) is 0 Å². The number of nitrogens with two attached hydrogens (primary N) is 1. The molecule has 0 bridgehead atoms. The van der Waals surface area contributed by atoms with Crippen molar-refractivity contribution in [1.29, 1.82) is 0 Å². The van der Waals surface area contributed by atoms with Crippen molar-refractivity contribution >= 4 is 5.91 Å². The number of hydrazine groups is 1. The van der Waals surface area contributed by atoms with Gasteiger partial charge in [0.05, 0.1) is 6.61 Å². The third-order valence-electron chi connectivity index (χ3n) is 2.22. The molecule has 16 heavy (non-hydrogen) atoms. The molecule has 1 amide bonds. The average molecular weight is 222 g/mol. The van der Waals surface area contributed by atoms with E-state index < -0.39 is 0 Å². The van der Waals surface area contributed by atoms with Crippen molar-refractivity contribution in [1.82, 2.24) is 5.43 Å².